The van der Waals surface area contributed by atoms with Gasteiger partial charge in [-0.15, -0.1) is 11.6 Å². The van der Waals surface area contributed by atoms with Gasteiger partial charge in [-0.1, -0.05) is 36.8 Å². The maximum absolute atomic E-state index is 12.0. The van der Waals surface area contributed by atoms with Gasteiger partial charge in [0.25, 0.3) is 0 Å². The standard InChI is InChI=1S/C14H18ClNO/c1-14(10-15,12-8-3-2-4-9-12)16-13(17)11-6-5-7-11/h2-4,8-9,11H,5-7,10H2,1H3,(H,16,17). The Morgan fingerprint density at radius 1 is 1.41 bits per heavy atom. The highest BCUT2D eigenvalue weighted by Gasteiger charge is 2.32. The minimum absolute atomic E-state index is 0.142. The van der Waals surface area contributed by atoms with Crippen molar-refractivity contribution in [3.8, 4) is 0 Å². The van der Waals surface area contributed by atoms with Crippen LogP contribution in [0.1, 0.15) is 31.7 Å². The number of alkyl halides is 1. The zero-order valence-electron chi connectivity index (χ0n) is 10.1. The van der Waals surface area contributed by atoms with E-state index in [1.165, 1.54) is 6.42 Å². The third kappa shape index (κ3) is 2.63. The molecule has 0 spiro atoms. The highest BCUT2D eigenvalue weighted by molar-refractivity contribution is 6.18. The van der Waals surface area contributed by atoms with Gasteiger partial charge in [0.1, 0.15) is 0 Å². The quantitative estimate of drug-likeness (QED) is 0.819. The van der Waals surface area contributed by atoms with Crippen molar-refractivity contribution in [1.82, 2.24) is 5.32 Å². The van der Waals surface area contributed by atoms with Gasteiger partial charge in [-0.3, -0.25) is 4.79 Å². The summed E-state index contributed by atoms with van der Waals surface area (Å²) in [6.07, 6.45) is 3.19. The second-order valence-electron chi connectivity index (χ2n) is 4.95. The lowest BCUT2D eigenvalue weighted by Crippen LogP contribution is -2.48. The number of rotatable bonds is 4. The Bertz CT molecular complexity index is 388. The smallest absolute Gasteiger partial charge is 0.223 e. The minimum atomic E-state index is -0.463. The Labute approximate surface area is 107 Å². The summed E-state index contributed by atoms with van der Waals surface area (Å²) in [5.41, 5.74) is 0.595. The van der Waals surface area contributed by atoms with Crippen LogP contribution in [-0.4, -0.2) is 11.8 Å². The summed E-state index contributed by atoms with van der Waals surface area (Å²) in [5, 5.41) is 3.09. The number of carbonyl (C=O) groups excluding carboxylic acids is 1. The van der Waals surface area contributed by atoms with Crippen LogP contribution < -0.4 is 5.32 Å². The Morgan fingerprint density at radius 3 is 2.53 bits per heavy atom. The normalized spacial score (nSPS) is 19.2. The zero-order valence-corrected chi connectivity index (χ0v) is 10.8. The minimum Gasteiger partial charge on any atom is -0.345 e. The maximum atomic E-state index is 12.0. The SMILES string of the molecule is CC(CCl)(NC(=O)C1CCC1)c1ccccc1. The summed E-state index contributed by atoms with van der Waals surface area (Å²) >= 11 is 6.04. The molecule has 1 unspecified atom stereocenters. The molecular weight excluding hydrogens is 234 g/mol. The summed E-state index contributed by atoms with van der Waals surface area (Å²) in [7, 11) is 0. The second kappa shape index (κ2) is 5.09. The number of hydrogen-bond donors (Lipinski definition) is 1. The van der Waals surface area contributed by atoms with Crippen molar-refractivity contribution in [3.05, 3.63) is 35.9 Å². The molecule has 0 radical (unpaired) electrons. The average Bonchev–Trinajstić information content (AvgIpc) is 2.27. The van der Waals surface area contributed by atoms with Crippen LogP contribution in [0.4, 0.5) is 0 Å². The molecule has 0 aliphatic heterocycles. The van der Waals surface area contributed by atoms with E-state index < -0.39 is 5.54 Å². The Hall–Kier alpha value is -1.02. The van der Waals surface area contributed by atoms with Gasteiger partial charge in [0, 0.05) is 11.8 Å². The lowest BCUT2D eigenvalue weighted by molar-refractivity contribution is -0.129. The molecule has 1 atom stereocenters. The predicted octanol–water partition coefficient (Wildman–Crippen LogP) is 3.06. The lowest BCUT2D eigenvalue weighted by Gasteiger charge is -2.33. The van der Waals surface area contributed by atoms with Gasteiger partial charge in [0.15, 0.2) is 0 Å². The van der Waals surface area contributed by atoms with Gasteiger partial charge in [-0.05, 0) is 25.3 Å². The van der Waals surface area contributed by atoms with E-state index in [1.54, 1.807) is 0 Å². The van der Waals surface area contributed by atoms with Gasteiger partial charge < -0.3 is 5.32 Å². The number of halogens is 1. The van der Waals surface area contributed by atoms with Crippen molar-refractivity contribution in [2.24, 2.45) is 5.92 Å². The topological polar surface area (TPSA) is 29.1 Å². The molecule has 1 N–H and O–H groups in total. The number of nitrogens with one attached hydrogen (secondary N) is 1. The molecule has 1 fully saturated rings. The molecule has 1 aliphatic rings. The van der Waals surface area contributed by atoms with Crippen LogP contribution in [-0.2, 0) is 10.3 Å². The van der Waals surface area contributed by atoms with E-state index in [-0.39, 0.29) is 11.8 Å². The molecule has 0 aromatic heterocycles. The molecule has 2 rings (SSSR count). The van der Waals surface area contributed by atoms with Crippen molar-refractivity contribution in [1.29, 1.82) is 0 Å². The summed E-state index contributed by atoms with van der Waals surface area (Å²) < 4.78 is 0. The van der Waals surface area contributed by atoms with E-state index in [9.17, 15) is 4.79 Å². The molecule has 1 aliphatic carbocycles. The fraction of sp³-hybridized carbons (Fsp3) is 0.500. The Morgan fingerprint density at radius 2 is 2.06 bits per heavy atom. The number of hydrogen-bond acceptors (Lipinski definition) is 1. The highest BCUT2D eigenvalue weighted by Crippen LogP contribution is 2.29. The monoisotopic (exact) mass is 251 g/mol. The molecule has 0 saturated heterocycles. The third-order valence-electron chi connectivity index (χ3n) is 3.55. The van der Waals surface area contributed by atoms with E-state index in [0.29, 0.717) is 5.88 Å². The Kier molecular flexibility index (Phi) is 3.72. The molecule has 1 aromatic rings. The zero-order chi connectivity index (χ0) is 12.3. The van der Waals surface area contributed by atoms with Crippen LogP contribution in [0.15, 0.2) is 30.3 Å². The summed E-state index contributed by atoms with van der Waals surface area (Å²) in [6.45, 7) is 1.98. The Balaban J connectivity index is 2.11. The number of carbonyl (C=O) groups is 1. The molecule has 3 heteroatoms. The van der Waals surface area contributed by atoms with E-state index >= 15 is 0 Å². The van der Waals surface area contributed by atoms with Crippen LogP contribution in [0, 0.1) is 5.92 Å². The van der Waals surface area contributed by atoms with Gasteiger partial charge >= 0.3 is 0 Å². The van der Waals surface area contributed by atoms with E-state index in [4.69, 9.17) is 11.6 Å². The van der Waals surface area contributed by atoms with Crippen LogP contribution in [0.2, 0.25) is 0 Å². The van der Waals surface area contributed by atoms with Crippen LogP contribution in [0.3, 0.4) is 0 Å². The molecule has 17 heavy (non-hydrogen) atoms. The first-order valence-corrected chi connectivity index (χ1v) is 6.63. The van der Waals surface area contributed by atoms with Crippen molar-refractivity contribution < 1.29 is 4.79 Å². The van der Waals surface area contributed by atoms with Crippen LogP contribution in [0.25, 0.3) is 0 Å². The van der Waals surface area contributed by atoms with Crippen molar-refractivity contribution in [2.75, 3.05) is 5.88 Å². The van der Waals surface area contributed by atoms with Crippen molar-refractivity contribution in [3.63, 3.8) is 0 Å². The highest BCUT2D eigenvalue weighted by atomic mass is 35.5. The number of amides is 1. The molecule has 1 amide bonds. The molecule has 2 nitrogen and oxygen atoms in total. The molecule has 0 heterocycles. The van der Waals surface area contributed by atoms with Gasteiger partial charge in [-0.2, -0.15) is 0 Å². The van der Waals surface area contributed by atoms with Crippen molar-refractivity contribution >= 4 is 17.5 Å². The molecule has 1 aromatic carbocycles. The molecule has 92 valence electrons. The fourth-order valence-corrected chi connectivity index (χ4v) is 2.25. The first kappa shape index (κ1) is 12.4. The average molecular weight is 252 g/mol. The van der Waals surface area contributed by atoms with E-state index in [0.717, 1.165) is 18.4 Å². The maximum Gasteiger partial charge on any atom is 0.223 e. The van der Waals surface area contributed by atoms with Crippen LogP contribution in [0.5, 0.6) is 0 Å². The second-order valence-corrected chi connectivity index (χ2v) is 5.22. The van der Waals surface area contributed by atoms with Gasteiger partial charge in [0.2, 0.25) is 5.91 Å². The van der Waals surface area contributed by atoms with Gasteiger partial charge in [-0.25, -0.2) is 0 Å². The lowest BCUT2D eigenvalue weighted by atomic mass is 9.83. The van der Waals surface area contributed by atoms with Crippen molar-refractivity contribution in [2.45, 2.75) is 31.7 Å². The van der Waals surface area contributed by atoms with E-state index in [2.05, 4.69) is 5.32 Å². The summed E-state index contributed by atoms with van der Waals surface area (Å²) in [5.74, 6) is 0.722. The number of benzene rings is 1. The van der Waals surface area contributed by atoms with Gasteiger partial charge in [0.05, 0.1) is 5.54 Å². The first-order chi connectivity index (χ1) is 8.15. The third-order valence-corrected chi connectivity index (χ3v) is 4.09. The van der Waals surface area contributed by atoms with Crippen LogP contribution >= 0.6 is 11.6 Å². The summed E-state index contributed by atoms with van der Waals surface area (Å²) in [6, 6.07) is 9.91. The molecule has 0 bridgehead atoms. The van der Waals surface area contributed by atoms with E-state index in [1.807, 2.05) is 37.3 Å². The molecular formula is C14H18ClNO. The summed E-state index contributed by atoms with van der Waals surface area (Å²) in [4.78, 5) is 12.0. The molecule has 1 saturated carbocycles. The fourth-order valence-electron chi connectivity index (χ4n) is 2.03. The first-order valence-electron chi connectivity index (χ1n) is 6.09. The predicted molar refractivity (Wildman–Crippen MR) is 70.0 cm³/mol. The largest absolute Gasteiger partial charge is 0.345 e.